The Morgan fingerprint density at radius 2 is 1.58 bits per heavy atom. The van der Waals surface area contributed by atoms with E-state index in [0.717, 1.165) is 0 Å². The summed E-state index contributed by atoms with van der Waals surface area (Å²) in [5, 5.41) is 8.63. The van der Waals surface area contributed by atoms with Gasteiger partial charge in [0, 0.05) is 13.0 Å². The van der Waals surface area contributed by atoms with Gasteiger partial charge in [-0.2, -0.15) is 0 Å². The van der Waals surface area contributed by atoms with Gasteiger partial charge in [-0.05, 0) is 11.8 Å². The number of rotatable bonds is 13. The molecule has 0 aliphatic heterocycles. The van der Waals surface area contributed by atoms with Crippen LogP contribution in [-0.4, -0.2) is 57.3 Å². The van der Waals surface area contributed by atoms with Crippen molar-refractivity contribution >= 4 is 5.97 Å². The number of ether oxygens (including phenoxy) is 3. The third-order valence-electron chi connectivity index (χ3n) is 2.51. The fourth-order valence-electron chi connectivity index (χ4n) is 1.39. The Morgan fingerprint density at radius 1 is 1.05 bits per heavy atom. The minimum Gasteiger partial charge on any atom is -0.481 e. The van der Waals surface area contributed by atoms with Crippen LogP contribution in [0.4, 0.5) is 0 Å². The van der Waals surface area contributed by atoms with E-state index in [1.54, 1.807) is 0 Å². The monoisotopic (exact) mass is 277 g/mol. The fourth-order valence-corrected chi connectivity index (χ4v) is 1.39. The van der Waals surface area contributed by atoms with Gasteiger partial charge in [0.25, 0.3) is 0 Å². The number of carboxylic acid groups (broad SMARTS) is 1. The average molecular weight is 277 g/mol. The quantitative estimate of drug-likeness (QED) is 0.486. The topological polar surface area (TPSA) is 91.0 Å². The standard InChI is InChI=1S/C13H27NO5/c1-13(2,4-3-12(15)16)11-19-10-9-18-8-7-17-6-5-14/h3-11,14H2,1-2H3,(H,15,16). The molecule has 0 saturated carbocycles. The summed E-state index contributed by atoms with van der Waals surface area (Å²) >= 11 is 0. The summed E-state index contributed by atoms with van der Waals surface area (Å²) in [6.07, 6.45) is 0.779. The molecule has 0 aromatic heterocycles. The summed E-state index contributed by atoms with van der Waals surface area (Å²) < 4.78 is 15.9. The van der Waals surface area contributed by atoms with Gasteiger partial charge >= 0.3 is 5.97 Å². The van der Waals surface area contributed by atoms with E-state index in [4.69, 9.17) is 25.1 Å². The van der Waals surface area contributed by atoms with Crippen molar-refractivity contribution in [3.63, 3.8) is 0 Å². The molecule has 3 N–H and O–H groups in total. The number of nitrogens with two attached hydrogens (primary N) is 1. The number of hydrogen-bond donors (Lipinski definition) is 2. The minimum absolute atomic E-state index is 0.122. The average Bonchev–Trinajstić information content (AvgIpc) is 2.34. The second-order valence-corrected chi connectivity index (χ2v) is 5.12. The van der Waals surface area contributed by atoms with Gasteiger partial charge < -0.3 is 25.1 Å². The van der Waals surface area contributed by atoms with Crippen LogP contribution >= 0.6 is 0 Å². The second kappa shape index (κ2) is 11.2. The summed E-state index contributed by atoms with van der Waals surface area (Å²) in [5.74, 6) is -0.770. The van der Waals surface area contributed by atoms with Crippen LogP contribution in [0.3, 0.4) is 0 Å². The van der Waals surface area contributed by atoms with Gasteiger partial charge in [-0.15, -0.1) is 0 Å². The van der Waals surface area contributed by atoms with Crippen LogP contribution in [0.15, 0.2) is 0 Å². The summed E-state index contributed by atoms with van der Waals surface area (Å²) in [4.78, 5) is 10.5. The van der Waals surface area contributed by atoms with E-state index in [9.17, 15) is 4.79 Å². The molecule has 6 heteroatoms. The van der Waals surface area contributed by atoms with Crippen molar-refractivity contribution in [2.45, 2.75) is 26.7 Å². The Kier molecular flexibility index (Phi) is 10.8. The normalized spacial score (nSPS) is 11.7. The minimum atomic E-state index is -0.770. The molecule has 19 heavy (non-hydrogen) atoms. The molecule has 0 amide bonds. The van der Waals surface area contributed by atoms with Crippen LogP contribution in [0.1, 0.15) is 26.7 Å². The van der Waals surface area contributed by atoms with Crippen molar-refractivity contribution in [2.75, 3.05) is 46.2 Å². The smallest absolute Gasteiger partial charge is 0.303 e. The van der Waals surface area contributed by atoms with Gasteiger partial charge in [0.1, 0.15) is 0 Å². The molecular weight excluding hydrogens is 250 g/mol. The first-order valence-corrected chi connectivity index (χ1v) is 6.63. The first-order chi connectivity index (χ1) is 8.98. The first-order valence-electron chi connectivity index (χ1n) is 6.63. The van der Waals surface area contributed by atoms with Crippen LogP contribution in [-0.2, 0) is 19.0 Å². The molecule has 0 saturated heterocycles. The van der Waals surface area contributed by atoms with Gasteiger partial charge in [0.05, 0.1) is 39.6 Å². The van der Waals surface area contributed by atoms with Crippen LogP contribution in [0, 0.1) is 5.41 Å². The highest BCUT2D eigenvalue weighted by molar-refractivity contribution is 5.66. The maximum atomic E-state index is 10.5. The van der Waals surface area contributed by atoms with Gasteiger partial charge in [-0.3, -0.25) is 4.79 Å². The summed E-state index contributed by atoms with van der Waals surface area (Å²) in [7, 11) is 0. The zero-order chi connectivity index (χ0) is 14.6. The predicted octanol–water partition coefficient (Wildman–Crippen LogP) is 0.886. The van der Waals surface area contributed by atoms with Crippen molar-refractivity contribution in [1.29, 1.82) is 0 Å². The highest BCUT2D eigenvalue weighted by atomic mass is 16.5. The van der Waals surface area contributed by atoms with E-state index < -0.39 is 5.97 Å². The lowest BCUT2D eigenvalue weighted by molar-refractivity contribution is -0.137. The van der Waals surface area contributed by atoms with E-state index in [1.807, 2.05) is 13.8 Å². The molecule has 6 nitrogen and oxygen atoms in total. The van der Waals surface area contributed by atoms with E-state index in [0.29, 0.717) is 52.6 Å². The molecule has 0 fully saturated rings. The lowest BCUT2D eigenvalue weighted by Gasteiger charge is -2.23. The Hall–Kier alpha value is -0.690. The molecule has 0 spiro atoms. The van der Waals surface area contributed by atoms with Crippen molar-refractivity contribution in [3.05, 3.63) is 0 Å². The van der Waals surface area contributed by atoms with E-state index in [1.165, 1.54) is 0 Å². The third-order valence-corrected chi connectivity index (χ3v) is 2.51. The fraction of sp³-hybridized carbons (Fsp3) is 0.923. The lowest BCUT2D eigenvalue weighted by Crippen LogP contribution is -2.22. The van der Waals surface area contributed by atoms with E-state index >= 15 is 0 Å². The van der Waals surface area contributed by atoms with Crippen LogP contribution in [0.25, 0.3) is 0 Å². The highest BCUT2D eigenvalue weighted by Gasteiger charge is 2.19. The Labute approximate surface area is 115 Å². The van der Waals surface area contributed by atoms with Gasteiger partial charge in [-0.25, -0.2) is 0 Å². The molecule has 114 valence electrons. The highest BCUT2D eigenvalue weighted by Crippen LogP contribution is 2.22. The molecule has 0 atom stereocenters. The third kappa shape index (κ3) is 13.5. The maximum Gasteiger partial charge on any atom is 0.303 e. The molecule has 0 aromatic carbocycles. The van der Waals surface area contributed by atoms with Gasteiger partial charge in [-0.1, -0.05) is 13.8 Å². The van der Waals surface area contributed by atoms with Crippen LogP contribution < -0.4 is 5.73 Å². The molecule has 0 rings (SSSR count). The van der Waals surface area contributed by atoms with Crippen LogP contribution in [0.2, 0.25) is 0 Å². The first kappa shape index (κ1) is 18.3. The second-order valence-electron chi connectivity index (χ2n) is 5.12. The maximum absolute atomic E-state index is 10.5. The van der Waals surface area contributed by atoms with Crippen molar-refractivity contribution < 1.29 is 24.1 Å². The van der Waals surface area contributed by atoms with Crippen LogP contribution in [0.5, 0.6) is 0 Å². The summed E-state index contributed by atoms with van der Waals surface area (Å²) in [6, 6.07) is 0. The van der Waals surface area contributed by atoms with Crippen molar-refractivity contribution in [1.82, 2.24) is 0 Å². The molecule has 0 aliphatic rings. The lowest BCUT2D eigenvalue weighted by atomic mass is 9.89. The van der Waals surface area contributed by atoms with E-state index in [2.05, 4.69) is 0 Å². The Balaban J connectivity index is 3.35. The molecule has 0 heterocycles. The Morgan fingerprint density at radius 3 is 2.11 bits per heavy atom. The zero-order valence-electron chi connectivity index (χ0n) is 12.0. The molecule has 0 aromatic rings. The van der Waals surface area contributed by atoms with Gasteiger partial charge in [0.2, 0.25) is 0 Å². The SMILES string of the molecule is CC(C)(CCC(=O)O)COCCOCCOCCN. The largest absolute Gasteiger partial charge is 0.481 e. The van der Waals surface area contributed by atoms with Crippen molar-refractivity contribution in [2.24, 2.45) is 11.1 Å². The van der Waals surface area contributed by atoms with Gasteiger partial charge in [0.15, 0.2) is 0 Å². The van der Waals surface area contributed by atoms with Crippen molar-refractivity contribution in [3.8, 4) is 0 Å². The molecule has 0 radical (unpaired) electrons. The molecule has 0 bridgehead atoms. The number of hydrogen-bond acceptors (Lipinski definition) is 5. The molecular formula is C13H27NO5. The molecule has 0 aliphatic carbocycles. The summed E-state index contributed by atoms with van der Waals surface area (Å²) in [5.41, 5.74) is 5.15. The Bertz CT molecular complexity index is 233. The zero-order valence-corrected chi connectivity index (χ0v) is 12.0. The number of carboxylic acids is 1. The summed E-state index contributed by atoms with van der Waals surface area (Å²) in [6.45, 7) is 7.70. The number of aliphatic carboxylic acids is 1. The number of carbonyl (C=O) groups is 1. The predicted molar refractivity (Wildman–Crippen MR) is 72.2 cm³/mol. The molecule has 0 unspecified atom stereocenters. The van der Waals surface area contributed by atoms with E-state index in [-0.39, 0.29) is 11.8 Å².